The quantitative estimate of drug-likeness (QED) is 0.0677. The van der Waals surface area contributed by atoms with Crippen molar-refractivity contribution in [1.82, 2.24) is 9.80 Å². The van der Waals surface area contributed by atoms with Crippen molar-refractivity contribution in [1.29, 1.82) is 0 Å². The molecule has 0 spiro atoms. The number of likely N-dealkylation sites (tertiary alicyclic amines) is 1. The van der Waals surface area contributed by atoms with Crippen molar-refractivity contribution in [2.45, 2.75) is 56.9 Å². The van der Waals surface area contributed by atoms with Crippen LogP contribution in [0.1, 0.15) is 37.6 Å². The molecule has 19 heteroatoms. The van der Waals surface area contributed by atoms with Gasteiger partial charge in [0.1, 0.15) is 12.6 Å². The second kappa shape index (κ2) is 18.1. The first-order valence-corrected chi connectivity index (χ1v) is 15.2. The van der Waals surface area contributed by atoms with Crippen LogP contribution in [0.5, 0.6) is 0 Å². The number of aliphatic carboxylic acids is 1. The third-order valence-electron chi connectivity index (χ3n) is 7.80. The van der Waals surface area contributed by atoms with E-state index in [0.717, 1.165) is 21.6 Å². The third-order valence-corrected chi connectivity index (χ3v) is 9.29. The minimum Gasteiger partial charge on any atom is -0.545 e. The van der Waals surface area contributed by atoms with Crippen LogP contribution in [0.2, 0.25) is 0 Å². The summed E-state index contributed by atoms with van der Waals surface area (Å²) >= 11 is 1.07. The third kappa shape index (κ3) is 9.25. The van der Waals surface area contributed by atoms with Crippen LogP contribution in [0.3, 0.4) is 0 Å². The molecule has 0 saturated carbocycles. The van der Waals surface area contributed by atoms with E-state index in [0.29, 0.717) is 4.91 Å². The van der Waals surface area contributed by atoms with Gasteiger partial charge in [0.15, 0.2) is 0 Å². The number of thioether (sulfide) groups is 1. The molecule has 3 heterocycles. The monoisotopic (exact) mass is 709 g/mol. The number of rotatable bonds is 12. The van der Waals surface area contributed by atoms with Crippen LogP contribution in [0, 0.1) is 11.8 Å². The number of hydrogen-bond donors (Lipinski definition) is 2. The molecule has 2 N–H and O–H groups in total. The van der Waals surface area contributed by atoms with E-state index in [1.165, 1.54) is 45.2 Å². The molecule has 1 unspecified atom stereocenters. The number of carbonyl (C=O) groups excluding carboxylic acids is 6. The van der Waals surface area contributed by atoms with E-state index < -0.39 is 77.6 Å². The number of aliphatic hydroxyl groups excluding tert-OH is 1. The molecule has 250 valence electrons. The Bertz CT molecular complexity index is 1440. The van der Waals surface area contributed by atoms with Crippen LogP contribution >= 0.6 is 11.8 Å². The van der Waals surface area contributed by atoms with Crippen LogP contribution in [0.4, 0.5) is 15.3 Å². The van der Waals surface area contributed by atoms with Gasteiger partial charge in [0, 0.05) is 42.3 Å². The first-order chi connectivity index (χ1) is 21.7. The average molecular weight is 710 g/mol. The summed E-state index contributed by atoms with van der Waals surface area (Å²) < 4.78 is 19.7. The van der Waals surface area contributed by atoms with E-state index in [1.54, 1.807) is 6.92 Å². The van der Waals surface area contributed by atoms with Crippen molar-refractivity contribution >= 4 is 53.5 Å². The first-order valence-electron chi connectivity index (χ1n) is 14.3. The molecule has 7 atom stereocenters. The van der Waals surface area contributed by atoms with Crippen LogP contribution in [-0.4, -0.2) is 108 Å². The number of anilines is 1. The number of aliphatic hydroxyl groups is 1. The van der Waals surface area contributed by atoms with Gasteiger partial charge in [-0.05, 0) is 31.0 Å². The molecular weight excluding hydrogens is 676 g/mol. The summed E-state index contributed by atoms with van der Waals surface area (Å²) in [5.41, 5.74) is -0.395. The number of carbonyl (C=O) groups is 6. The molecule has 2 fully saturated rings. The van der Waals surface area contributed by atoms with Crippen LogP contribution in [0.15, 0.2) is 34.9 Å². The number of ether oxygens (including phenoxy) is 4. The Morgan fingerprint density at radius 3 is 2.38 bits per heavy atom. The second-order valence-electron chi connectivity index (χ2n) is 10.9. The maximum absolute atomic E-state index is 13.5. The van der Waals surface area contributed by atoms with Crippen molar-refractivity contribution < 1.29 is 122 Å². The van der Waals surface area contributed by atoms with Gasteiger partial charge < -0.3 is 54.1 Å². The van der Waals surface area contributed by atoms with Gasteiger partial charge in [-0.2, -0.15) is 0 Å². The average Bonchev–Trinajstić information content (AvgIpc) is 3.51. The van der Waals surface area contributed by atoms with Gasteiger partial charge in [-0.15, -0.1) is 11.8 Å². The van der Waals surface area contributed by atoms with Crippen LogP contribution < -0.4 is 74.6 Å². The summed E-state index contributed by atoms with van der Waals surface area (Å²) in [5, 5.41) is 35.6. The number of carboxylic acids is 2. The fourth-order valence-electron chi connectivity index (χ4n) is 5.74. The maximum Gasteiger partial charge on any atom is 1.00 e. The summed E-state index contributed by atoms with van der Waals surface area (Å²) in [4.78, 5) is 77.3. The number of hydrogen-bond acceptors (Lipinski definition) is 14. The molecule has 0 bridgehead atoms. The van der Waals surface area contributed by atoms with Crippen molar-refractivity contribution in [3.8, 4) is 0 Å². The summed E-state index contributed by atoms with van der Waals surface area (Å²) in [7, 11) is 1.41. The number of β-lactam (4-membered cyclic amide) rings is 1. The van der Waals surface area contributed by atoms with Gasteiger partial charge in [-0.25, -0.2) is 9.59 Å². The van der Waals surface area contributed by atoms with Gasteiger partial charge in [0.25, 0.3) is 0 Å². The van der Waals surface area contributed by atoms with E-state index >= 15 is 0 Å². The molecular formula is C29H33N3Na2O13S. The normalized spacial score (nSPS) is 23.9. The fourth-order valence-corrected chi connectivity index (χ4v) is 7.26. The van der Waals surface area contributed by atoms with E-state index in [-0.39, 0.29) is 102 Å². The second-order valence-corrected chi connectivity index (χ2v) is 12.3. The van der Waals surface area contributed by atoms with E-state index in [4.69, 9.17) is 18.9 Å². The van der Waals surface area contributed by atoms with Crippen molar-refractivity contribution in [2.24, 2.45) is 11.8 Å². The molecule has 0 aromatic heterocycles. The van der Waals surface area contributed by atoms with Gasteiger partial charge in [0.2, 0.25) is 18.1 Å². The first kappa shape index (κ1) is 41.8. The summed E-state index contributed by atoms with van der Waals surface area (Å²) in [6, 6.07) is 3.51. The number of fused-ring (bicyclic) bond motifs is 1. The Morgan fingerprint density at radius 1 is 1.08 bits per heavy atom. The summed E-state index contributed by atoms with van der Waals surface area (Å²) in [6.45, 7) is 4.31. The van der Waals surface area contributed by atoms with Crippen molar-refractivity contribution in [3.05, 3.63) is 40.4 Å². The smallest absolute Gasteiger partial charge is 0.545 e. The standard InChI is InChI=1S/C29H35N3O13S.2Na/c1-13-21-20(14(2)33)25(35)32(21)22(27(38)39)23(13)46-18-11-19(24(34)30-17-7-5-6-16(10-17)26(36)37)31(12-18)28(40)44-15(3)45-29(41)43-9-8-42-4;;/h5-7,10,13-15,18-21,33H,8-9,11-12H2,1-4H3,(H,30,34)(H,36,37)(H,38,39);;/q;2*+1/p-2/t13-,14-,15?,18+,19+,20-,21-;;/m1../s1. The zero-order valence-corrected chi connectivity index (χ0v) is 32.1. The molecule has 48 heavy (non-hydrogen) atoms. The van der Waals surface area contributed by atoms with Crippen molar-refractivity contribution in [3.63, 3.8) is 0 Å². The number of nitrogens with zero attached hydrogens (tertiary/aromatic N) is 2. The maximum atomic E-state index is 13.5. The van der Waals surface area contributed by atoms with Gasteiger partial charge >= 0.3 is 71.4 Å². The molecule has 3 aliphatic rings. The minimum absolute atomic E-state index is 0. The summed E-state index contributed by atoms with van der Waals surface area (Å²) in [5.74, 6) is -5.57. The minimum atomic E-state index is -1.58. The SMILES string of the molecule is COCCOC(=O)OC(C)OC(=O)N1C[C@@H](SC2=C(C(=O)[O-])N3C(=O)[C@H]([C@@H](C)O)[C@H]3[C@H]2C)C[C@H]1C(=O)Nc1cccc(C(=O)[O-])c1.[Na+].[Na+]. The number of aromatic carboxylic acids is 1. The zero-order chi connectivity index (χ0) is 33.9. The molecule has 0 radical (unpaired) electrons. The molecule has 4 rings (SSSR count). The topological polar surface area (TPSA) is 224 Å². The van der Waals surface area contributed by atoms with Gasteiger partial charge in [-0.1, -0.05) is 19.1 Å². The van der Waals surface area contributed by atoms with Crippen LogP contribution in [0.25, 0.3) is 0 Å². The Balaban J connectivity index is 0.00000400. The zero-order valence-electron chi connectivity index (χ0n) is 27.3. The Hall–Kier alpha value is -2.35. The molecule has 1 aromatic carbocycles. The number of benzene rings is 1. The van der Waals surface area contributed by atoms with E-state index in [1.807, 2.05) is 0 Å². The largest absolute Gasteiger partial charge is 1.00 e. The fraction of sp³-hybridized carbons (Fsp3) is 0.517. The van der Waals surface area contributed by atoms with Gasteiger partial charge in [-0.3, -0.25) is 14.5 Å². The van der Waals surface area contributed by atoms with Gasteiger partial charge in [0.05, 0.1) is 42.3 Å². The molecule has 2 saturated heterocycles. The number of nitrogens with one attached hydrogen (secondary N) is 1. The number of carboxylic acid groups (broad SMARTS) is 2. The molecule has 16 nitrogen and oxygen atoms in total. The van der Waals surface area contributed by atoms with Crippen LogP contribution in [-0.2, 0) is 33.3 Å². The molecule has 1 aromatic rings. The number of methoxy groups -OCH3 is 1. The number of amides is 3. The van der Waals surface area contributed by atoms with E-state index in [2.05, 4.69) is 5.32 Å². The Labute approximate surface area is 324 Å². The molecule has 3 amide bonds. The predicted molar refractivity (Wildman–Crippen MR) is 153 cm³/mol. The molecule has 0 aliphatic carbocycles. The van der Waals surface area contributed by atoms with E-state index in [9.17, 15) is 44.1 Å². The Kier molecular flexibility index (Phi) is 15.7. The van der Waals surface area contributed by atoms with Crippen molar-refractivity contribution in [2.75, 3.05) is 32.2 Å². The summed E-state index contributed by atoms with van der Waals surface area (Å²) in [6.07, 6.45) is -4.60. The predicted octanol–water partition coefficient (Wildman–Crippen LogP) is -6.73. The Morgan fingerprint density at radius 2 is 1.77 bits per heavy atom. The molecule has 3 aliphatic heterocycles.